The fourth-order valence-corrected chi connectivity index (χ4v) is 4.99. The van der Waals surface area contributed by atoms with Gasteiger partial charge in [0.1, 0.15) is 0 Å². The molecule has 1 fully saturated rings. The highest BCUT2D eigenvalue weighted by Gasteiger charge is 2.43. The Balaban J connectivity index is 1.50. The van der Waals surface area contributed by atoms with Crippen LogP contribution in [0.3, 0.4) is 0 Å². The number of nitro benzene ring substituents is 1. The molecule has 1 aromatic carbocycles. The van der Waals surface area contributed by atoms with E-state index in [1.54, 1.807) is 29.0 Å². The third-order valence-corrected chi connectivity index (χ3v) is 6.86. The first-order valence-electron chi connectivity index (χ1n) is 11.0. The zero-order valence-electron chi connectivity index (χ0n) is 18.1. The molecule has 1 unspecified atom stereocenters. The molecule has 0 bridgehead atoms. The number of carbonyl (C=O) groups excluding carboxylic acids is 2. The number of urea groups is 1. The van der Waals surface area contributed by atoms with Crippen molar-refractivity contribution in [3.63, 3.8) is 0 Å². The second-order valence-electron chi connectivity index (χ2n) is 8.79. The van der Waals surface area contributed by atoms with Gasteiger partial charge < -0.3 is 15.1 Å². The van der Waals surface area contributed by atoms with Crippen molar-refractivity contribution in [3.8, 4) is 0 Å². The van der Waals surface area contributed by atoms with Crippen LogP contribution in [0.15, 0.2) is 35.5 Å². The van der Waals surface area contributed by atoms with E-state index in [1.165, 1.54) is 42.8 Å². The number of piperidine rings is 1. The Kier molecular flexibility index (Phi) is 5.95. The Hall–Kier alpha value is -2.94. The molecule has 9 heteroatoms. The molecule has 3 aliphatic rings. The fourth-order valence-electron chi connectivity index (χ4n) is 4.99. The molecule has 31 heavy (non-hydrogen) atoms. The van der Waals surface area contributed by atoms with Crippen LogP contribution in [0.1, 0.15) is 44.2 Å². The fraction of sp³-hybridized carbons (Fsp3) is 0.545. The van der Waals surface area contributed by atoms with Crippen molar-refractivity contribution < 1.29 is 19.4 Å². The first-order chi connectivity index (χ1) is 14.9. The number of nitrogens with one attached hydrogen (secondary N) is 2. The number of amides is 3. The van der Waals surface area contributed by atoms with Gasteiger partial charge in [-0.15, -0.1) is 0 Å². The Morgan fingerprint density at radius 3 is 2.84 bits per heavy atom. The zero-order chi connectivity index (χ0) is 22.1. The lowest BCUT2D eigenvalue weighted by atomic mass is 9.95. The summed E-state index contributed by atoms with van der Waals surface area (Å²) in [5, 5.41) is 14.0. The van der Waals surface area contributed by atoms with Crippen molar-refractivity contribution in [2.75, 3.05) is 33.2 Å². The highest BCUT2D eigenvalue weighted by Crippen LogP contribution is 2.36. The van der Waals surface area contributed by atoms with Crippen LogP contribution in [0.5, 0.6) is 0 Å². The SMILES string of the molecule is C[C@H]1CCCC[NH+]1CCCN1CC2=C(C1=O)[C@H](c1cccc([N+](=O)[O-])c1)NC(=O)N2C. The Labute approximate surface area is 181 Å². The molecule has 3 aliphatic heterocycles. The van der Waals surface area contributed by atoms with Crippen LogP contribution in [0, 0.1) is 10.1 Å². The number of nitrogens with zero attached hydrogens (tertiary/aromatic N) is 3. The van der Waals surface area contributed by atoms with E-state index in [2.05, 4.69) is 12.2 Å². The molecule has 0 aromatic heterocycles. The number of hydrogen-bond acceptors (Lipinski definition) is 4. The van der Waals surface area contributed by atoms with Crippen molar-refractivity contribution in [1.82, 2.24) is 15.1 Å². The van der Waals surface area contributed by atoms with Crippen molar-refractivity contribution in [2.24, 2.45) is 0 Å². The standard InChI is InChI=1S/C22H29N5O4/c1-15-7-3-4-10-25(15)11-6-12-26-14-18-19(21(26)28)20(23-22(29)24(18)2)16-8-5-9-17(13-16)27(30)31/h5,8-9,13,15,20H,3-4,6-7,10-12,14H2,1-2H3,(H,23,29)/p+1/t15-,20-/m0/s1. The molecule has 3 amide bonds. The van der Waals surface area contributed by atoms with Gasteiger partial charge in [-0.25, -0.2) is 4.79 Å². The smallest absolute Gasteiger partial charge is 0.322 e. The molecule has 3 atom stereocenters. The van der Waals surface area contributed by atoms with Crippen molar-refractivity contribution >= 4 is 17.6 Å². The van der Waals surface area contributed by atoms with Crippen molar-refractivity contribution in [1.29, 1.82) is 0 Å². The minimum Gasteiger partial charge on any atom is -0.333 e. The van der Waals surface area contributed by atoms with Crippen LogP contribution in [-0.4, -0.2) is 65.9 Å². The van der Waals surface area contributed by atoms with Crippen LogP contribution in [0.2, 0.25) is 0 Å². The quantitative estimate of drug-likeness (QED) is 0.526. The molecule has 1 aromatic rings. The topological polar surface area (TPSA) is 100 Å². The monoisotopic (exact) mass is 428 g/mol. The third kappa shape index (κ3) is 4.14. The van der Waals surface area contributed by atoms with Gasteiger partial charge in [-0.1, -0.05) is 12.1 Å². The molecule has 3 heterocycles. The number of rotatable bonds is 6. The van der Waals surface area contributed by atoms with E-state index < -0.39 is 11.0 Å². The molecule has 2 N–H and O–H groups in total. The Morgan fingerprint density at radius 1 is 1.29 bits per heavy atom. The Bertz CT molecular complexity index is 930. The summed E-state index contributed by atoms with van der Waals surface area (Å²) in [6.45, 7) is 5.57. The third-order valence-electron chi connectivity index (χ3n) is 6.86. The van der Waals surface area contributed by atoms with Crippen molar-refractivity contribution in [2.45, 2.75) is 44.7 Å². The van der Waals surface area contributed by atoms with Gasteiger partial charge in [-0.05, 0) is 31.7 Å². The van der Waals surface area contributed by atoms with E-state index >= 15 is 0 Å². The van der Waals surface area contributed by atoms with Gasteiger partial charge in [0, 0.05) is 32.1 Å². The van der Waals surface area contributed by atoms with Gasteiger partial charge in [0.15, 0.2) is 0 Å². The number of carbonyl (C=O) groups is 2. The van der Waals surface area contributed by atoms with Crippen molar-refractivity contribution in [3.05, 3.63) is 51.2 Å². The zero-order valence-corrected chi connectivity index (χ0v) is 18.1. The number of non-ortho nitro benzene ring substituents is 1. The summed E-state index contributed by atoms with van der Waals surface area (Å²) < 4.78 is 0. The number of likely N-dealkylation sites (N-methyl/N-ethyl adjacent to an activating group) is 1. The van der Waals surface area contributed by atoms with Gasteiger partial charge in [0.25, 0.3) is 11.6 Å². The molecular formula is C22H30N5O4+. The number of hydrogen-bond donors (Lipinski definition) is 2. The molecule has 0 saturated carbocycles. The van der Waals surface area contributed by atoms with E-state index in [-0.39, 0.29) is 17.6 Å². The van der Waals surface area contributed by atoms with Crippen LogP contribution in [0.25, 0.3) is 0 Å². The van der Waals surface area contributed by atoms with Gasteiger partial charge in [0.05, 0.1) is 47.9 Å². The molecule has 0 spiro atoms. The van der Waals surface area contributed by atoms with Gasteiger partial charge in [-0.2, -0.15) is 0 Å². The minimum atomic E-state index is -0.677. The highest BCUT2D eigenvalue weighted by atomic mass is 16.6. The van der Waals surface area contributed by atoms with E-state index in [0.29, 0.717) is 36.0 Å². The van der Waals surface area contributed by atoms with Crippen LogP contribution in [-0.2, 0) is 4.79 Å². The largest absolute Gasteiger partial charge is 0.333 e. The lowest BCUT2D eigenvalue weighted by Crippen LogP contribution is -3.16. The highest BCUT2D eigenvalue weighted by molar-refractivity contribution is 6.01. The number of nitro groups is 1. The second kappa shape index (κ2) is 8.66. The first-order valence-corrected chi connectivity index (χ1v) is 11.0. The molecule has 9 nitrogen and oxygen atoms in total. The summed E-state index contributed by atoms with van der Waals surface area (Å²) in [4.78, 5) is 41.4. The molecule has 1 saturated heterocycles. The minimum absolute atomic E-state index is 0.0613. The number of likely N-dealkylation sites (tertiary alicyclic amines) is 1. The number of benzene rings is 1. The molecule has 0 radical (unpaired) electrons. The lowest BCUT2D eigenvalue weighted by molar-refractivity contribution is -0.928. The van der Waals surface area contributed by atoms with E-state index in [1.807, 2.05) is 0 Å². The normalized spacial score (nSPS) is 26.2. The average Bonchev–Trinajstić information content (AvgIpc) is 3.09. The summed E-state index contributed by atoms with van der Waals surface area (Å²) in [6, 6.07) is 5.81. The maximum atomic E-state index is 13.3. The van der Waals surface area contributed by atoms with Gasteiger partial charge in [-0.3, -0.25) is 19.8 Å². The predicted molar refractivity (Wildman–Crippen MR) is 114 cm³/mol. The lowest BCUT2D eigenvalue weighted by Gasteiger charge is -2.31. The summed E-state index contributed by atoms with van der Waals surface area (Å²) >= 11 is 0. The van der Waals surface area contributed by atoms with E-state index in [9.17, 15) is 19.7 Å². The first kappa shape index (κ1) is 21.3. The van der Waals surface area contributed by atoms with Crippen LogP contribution >= 0.6 is 0 Å². The average molecular weight is 429 g/mol. The second-order valence-corrected chi connectivity index (χ2v) is 8.79. The summed E-state index contributed by atoms with van der Waals surface area (Å²) in [5.41, 5.74) is 1.68. The molecule has 4 rings (SSSR count). The van der Waals surface area contributed by atoms with E-state index in [0.717, 1.165) is 13.0 Å². The molecular weight excluding hydrogens is 398 g/mol. The Morgan fingerprint density at radius 2 is 2.10 bits per heavy atom. The van der Waals surface area contributed by atoms with Crippen LogP contribution in [0.4, 0.5) is 10.5 Å². The predicted octanol–water partition coefficient (Wildman–Crippen LogP) is 1.23. The molecule has 166 valence electrons. The number of quaternary nitrogens is 1. The molecule has 0 aliphatic carbocycles. The summed E-state index contributed by atoms with van der Waals surface area (Å²) in [5.74, 6) is -0.0972. The van der Waals surface area contributed by atoms with Gasteiger partial charge >= 0.3 is 6.03 Å². The maximum Gasteiger partial charge on any atom is 0.322 e. The summed E-state index contributed by atoms with van der Waals surface area (Å²) in [7, 11) is 1.66. The van der Waals surface area contributed by atoms with Gasteiger partial charge in [0.2, 0.25) is 0 Å². The summed E-state index contributed by atoms with van der Waals surface area (Å²) in [6.07, 6.45) is 4.75. The maximum absolute atomic E-state index is 13.3. The van der Waals surface area contributed by atoms with Crippen LogP contribution < -0.4 is 10.2 Å². The van der Waals surface area contributed by atoms with E-state index in [4.69, 9.17) is 0 Å².